The lowest BCUT2D eigenvalue weighted by Crippen LogP contribution is -2.32. The zero-order valence-corrected chi connectivity index (χ0v) is 20.1. The third-order valence-corrected chi connectivity index (χ3v) is 5.74. The van der Waals surface area contributed by atoms with E-state index in [0.29, 0.717) is 27.7 Å². The van der Waals surface area contributed by atoms with E-state index >= 15 is 0 Å². The normalized spacial score (nSPS) is 13.2. The topological polar surface area (TPSA) is 97.0 Å². The maximum absolute atomic E-state index is 13.1. The molecule has 35 heavy (non-hydrogen) atoms. The highest BCUT2D eigenvalue weighted by Gasteiger charge is 2.40. The summed E-state index contributed by atoms with van der Waals surface area (Å²) in [5.41, 5.74) is 1.50. The summed E-state index contributed by atoms with van der Waals surface area (Å²) >= 11 is 12.3. The van der Waals surface area contributed by atoms with Gasteiger partial charge in [-0.25, -0.2) is 4.90 Å². The summed E-state index contributed by atoms with van der Waals surface area (Å²) in [4.78, 5) is 39.3. The van der Waals surface area contributed by atoms with Gasteiger partial charge in [-0.15, -0.1) is 0 Å². The lowest BCUT2D eigenvalue weighted by molar-refractivity contribution is -0.120. The van der Waals surface area contributed by atoms with Gasteiger partial charge in [0.15, 0.2) is 0 Å². The fourth-order valence-electron chi connectivity index (χ4n) is 3.42. The van der Waals surface area contributed by atoms with Crippen LogP contribution in [-0.4, -0.2) is 31.9 Å². The zero-order valence-electron chi connectivity index (χ0n) is 18.6. The minimum Gasteiger partial charge on any atom is -0.497 e. The van der Waals surface area contributed by atoms with E-state index in [1.807, 2.05) is 0 Å². The van der Waals surface area contributed by atoms with Gasteiger partial charge in [0.25, 0.3) is 17.7 Å². The Bertz CT molecular complexity index is 1360. The number of anilines is 3. The van der Waals surface area contributed by atoms with Crippen molar-refractivity contribution in [3.05, 3.63) is 88.0 Å². The molecule has 0 aromatic heterocycles. The molecule has 3 aromatic carbocycles. The van der Waals surface area contributed by atoms with Crippen LogP contribution in [0.5, 0.6) is 11.5 Å². The first-order chi connectivity index (χ1) is 16.8. The predicted molar refractivity (Wildman–Crippen MR) is 134 cm³/mol. The predicted octanol–water partition coefficient (Wildman–Crippen LogP) is 5.05. The summed E-state index contributed by atoms with van der Waals surface area (Å²) in [5, 5.41) is 5.69. The number of hydrogen-bond acceptors (Lipinski definition) is 6. The second kappa shape index (κ2) is 10.1. The molecule has 8 nitrogen and oxygen atoms in total. The van der Waals surface area contributed by atoms with E-state index in [2.05, 4.69) is 10.6 Å². The van der Waals surface area contributed by atoms with Crippen molar-refractivity contribution in [1.82, 2.24) is 0 Å². The Labute approximate surface area is 211 Å². The van der Waals surface area contributed by atoms with Crippen LogP contribution in [0, 0.1) is 0 Å². The second-order valence-electron chi connectivity index (χ2n) is 7.34. The number of amides is 3. The van der Waals surface area contributed by atoms with Crippen LogP contribution in [0.1, 0.15) is 10.4 Å². The maximum atomic E-state index is 13.1. The van der Waals surface area contributed by atoms with Crippen LogP contribution in [-0.2, 0) is 9.59 Å². The van der Waals surface area contributed by atoms with Crippen molar-refractivity contribution in [2.75, 3.05) is 29.8 Å². The van der Waals surface area contributed by atoms with Crippen LogP contribution in [0.3, 0.4) is 0 Å². The molecular weight excluding hydrogens is 493 g/mol. The van der Waals surface area contributed by atoms with E-state index in [0.717, 1.165) is 4.90 Å². The minimum atomic E-state index is -0.714. The Hall–Kier alpha value is -4.01. The van der Waals surface area contributed by atoms with Crippen LogP contribution >= 0.6 is 23.2 Å². The van der Waals surface area contributed by atoms with Gasteiger partial charge in [0.05, 0.1) is 19.9 Å². The zero-order chi connectivity index (χ0) is 25.1. The number of nitrogens with zero attached hydrogens (tertiary/aromatic N) is 1. The number of rotatable bonds is 7. The first kappa shape index (κ1) is 24.1. The number of imide groups is 1. The molecule has 0 aliphatic carbocycles. The van der Waals surface area contributed by atoms with E-state index in [9.17, 15) is 14.4 Å². The molecular formula is C25H19Cl2N3O5. The molecule has 0 saturated carbocycles. The average Bonchev–Trinajstić information content (AvgIpc) is 3.07. The summed E-state index contributed by atoms with van der Waals surface area (Å²) in [6.45, 7) is 0. The van der Waals surface area contributed by atoms with E-state index in [1.165, 1.54) is 13.2 Å². The largest absolute Gasteiger partial charge is 0.497 e. The average molecular weight is 512 g/mol. The Morgan fingerprint density at radius 1 is 0.857 bits per heavy atom. The molecule has 1 aliphatic heterocycles. The number of benzene rings is 3. The van der Waals surface area contributed by atoms with Gasteiger partial charge in [-0.05, 0) is 54.6 Å². The molecule has 0 spiro atoms. The van der Waals surface area contributed by atoms with Crippen LogP contribution in [0.2, 0.25) is 5.02 Å². The Morgan fingerprint density at radius 3 is 2.29 bits per heavy atom. The van der Waals surface area contributed by atoms with Crippen molar-refractivity contribution in [2.45, 2.75) is 0 Å². The van der Waals surface area contributed by atoms with Gasteiger partial charge in [-0.1, -0.05) is 29.3 Å². The molecule has 1 aliphatic rings. The number of ether oxygens (including phenoxy) is 2. The molecule has 0 bridgehead atoms. The first-order valence-electron chi connectivity index (χ1n) is 10.3. The highest BCUT2D eigenvalue weighted by molar-refractivity contribution is 6.53. The van der Waals surface area contributed by atoms with E-state index in [-0.39, 0.29) is 28.1 Å². The van der Waals surface area contributed by atoms with E-state index in [4.69, 9.17) is 32.7 Å². The smallest absolute Gasteiger partial charge is 0.283 e. The molecule has 0 unspecified atom stereocenters. The van der Waals surface area contributed by atoms with Crippen LogP contribution in [0.25, 0.3) is 0 Å². The van der Waals surface area contributed by atoms with Crippen molar-refractivity contribution in [3.63, 3.8) is 0 Å². The van der Waals surface area contributed by atoms with Crippen LogP contribution in [0.15, 0.2) is 77.5 Å². The fraction of sp³-hybridized carbons (Fsp3) is 0.0800. The quantitative estimate of drug-likeness (QED) is 0.431. The van der Waals surface area contributed by atoms with Crippen molar-refractivity contribution in [1.29, 1.82) is 0 Å². The molecule has 4 rings (SSSR count). The monoisotopic (exact) mass is 511 g/mol. The third kappa shape index (κ3) is 4.94. The van der Waals surface area contributed by atoms with Crippen LogP contribution in [0.4, 0.5) is 17.1 Å². The van der Waals surface area contributed by atoms with Gasteiger partial charge in [0, 0.05) is 28.0 Å². The van der Waals surface area contributed by atoms with Crippen molar-refractivity contribution in [2.24, 2.45) is 0 Å². The van der Waals surface area contributed by atoms with Crippen molar-refractivity contribution in [3.8, 4) is 11.5 Å². The fourth-order valence-corrected chi connectivity index (χ4v) is 3.80. The molecule has 178 valence electrons. The minimum absolute atomic E-state index is 0.104. The summed E-state index contributed by atoms with van der Waals surface area (Å²) in [6, 6.07) is 17.9. The summed E-state index contributed by atoms with van der Waals surface area (Å²) in [6.07, 6.45) is 0. The Balaban J connectivity index is 1.50. The van der Waals surface area contributed by atoms with E-state index < -0.39 is 11.8 Å². The molecule has 3 aromatic rings. The number of methoxy groups -OCH3 is 2. The molecule has 0 fully saturated rings. The van der Waals surface area contributed by atoms with Gasteiger partial charge < -0.3 is 20.1 Å². The third-order valence-electron chi connectivity index (χ3n) is 5.15. The van der Waals surface area contributed by atoms with Crippen LogP contribution < -0.4 is 25.0 Å². The van der Waals surface area contributed by atoms with Gasteiger partial charge in [-0.3, -0.25) is 14.4 Å². The van der Waals surface area contributed by atoms with Crippen molar-refractivity contribution >= 4 is 58.0 Å². The SMILES string of the molecule is COc1cccc(NC(=O)c2ccc(NC3=C(Cl)C(=O)N(c4cc(Cl)ccc4OC)C3=O)cc2)c1. The standard InChI is InChI=1S/C25H19Cl2N3O5/c1-34-18-5-3-4-17(13-18)29-23(31)14-6-9-16(10-7-14)28-22-21(27)24(32)30(25(22)33)19-12-15(26)8-11-20(19)35-2/h3-13,28H,1-2H3,(H,29,31). The van der Waals surface area contributed by atoms with Gasteiger partial charge in [0.1, 0.15) is 22.2 Å². The van der Waals surface area contributed by atoms with Gasteiger partial charge in [0.2, 0.25) is 0 Å². The molecule has 3 amide bonds. The number of carbonyl (C=O) groups excluding carboxylic acids is 3. The second-order valence-corrected chi connectivity index (χ2v) is 8.15. The number of halogens is 2. The Kier molecular flexibility index (Phi) is 6.95. The molecule has 2 N–H and O–H groups in total. The van der Waals surface area contributed by atoms with E-state index in [1.54, 1.807) is 67.8 Å². The van der Waals surface area contributed by atoms with Gasteiger partial charge in [-0.2, -0.15) is 0 Å². The molecule has 10 heteroatoms. The molecule has 0 radical (unpaired) electrons. The number of hydrogen-bond donors (Lipinski definition) is 2. The first-order valence-corrected chi connectivity index (χ1v) is 11.0. The highest BCUT2D eigenvalue weighted by atomic mass is 35.5. The highest BCUT2D eigenvalue weighted by Crippen LogP contribution is 2.37. The number of carbonyl (C=O) groups is 3. The lowest BCUT2D eigenvalue weighted by Gasteiger charge is -2.18. The molecule has 0 saturated heterocycles. The van der Waals surface area contributed by atoms with Crippen molar-refractivity contribution < 1.29 is 23.9 Å². The molecule has 1 heterocycles. The summed E-state index contributed by atoms with van der Waals surface area (Å²) in [5.74, 6) is -0.802. The summed E-state index contributed by atoms with van der Waals surface area (Å²) < 4.78 is 10.4. The Morgan fingerprint density at radius 2 is 1.60 bits per heavy atom. The summed E-state index contributed by atoms with van der Waals surface area (Å²) in [7, 11) is 2.96. The maximum Gasteiger partial charge on any atom is 0.283 e. The van der Waals surface area contributed by atoms with Gasteiger partial charge >= 0.3 is 0 Å². The lowest BCUT2D eigenvalue weighted by atomic mass is 10.2. The number of nitrogens with one attached hydrogen (secondary N) is 2. The molecule has 0 atom stereocenters.